The molecular weight excluding hydrogens is 288 g/mol. The van der Waals surface area contributed by atoms with Gasteiger partial charge in [0.25, 0.3) is 0 Å². The Labute approximate surface area is 117 Å². The van der Waals surface area contributed by atoms with Gasteiger partial charge in [0.2, 0.25) is 0 Å². The normalized spacial score (nSPS) is 11.9. The number of hydrogen-bond acceptors (Lipinski definition) is 1. The van der Waals surface area contributed by atoms with Crippen molar-refractivity contribution in [1.82, 2.24) is 9.78 Å². The van der Waals surface area contributed by atoms with Gasteiger partial charge in [-0.2, -0.15) is 5.10 Å². The second-order valence-electron chi connectivity index (χ2n) is 5.70. The van der Waals surface area contributed by atoms with Crippen LogP contribution in [0.2, 0.25) is 0 Å². The van der Waals surface area contributed by atoms with Crippen LogP contribution in [0.15, 0.2) is 28.7 Å². The van der Waals surface area contributed by atoms with Crippen LogP contribution in [0.1, 0.15) is 32.0 Å². The summed E-state index contributed by atoms with van der Waals surface area (Å²) in [6.07, 6.45) is 0. The first-order valence-corrected chi connectivity index (χ1v) is 6.90. The van der Waals surface area contributed by atoms with E-state index in [1.165, 1.54) is 16.8 Å². The zero-order valence-corrected chi connectivity index (χ0v) is 13.2. The molecule has 0 amide bonds. The minimum atomic E-state index is 0.111. The molecule has 1 heterocycles. The number of halogens is 1. The van der Waals surface area contributed by atoms with Crippen molar-refractivity contribution in [3.05, 3.63) is 40.0 Å². The molecule has 0 atom stereocenters. The summed E-state index contributed by atoms with van der Waals surface area (Å²) in [5, 5.41) is 4.68. The molecule has 0 aliphatic heterocycles. The second kappa shape index (κ2) is 4.54. The Hall–Kier alpha value is -1.09. The monoisotopic (exact) mass is 306 g/mol. The SMILES string of the molecule is Cc1c(-c2ccc(Br)cc2)nn(C)c1C(C)(C)C. The van der Waals surface area contributed by atoms with Crippen molar-refractivity contribution in [2.75, 3.05) is 0 Å². The predicted octanol–water partition coefficient (Wildman–Crippen LogP) is 4.46. The highest BCUT2D eigenvalue weighted by Gasteiger charge is 2.24. The van der Waals surface area contributed by atoms with Crippen molar-refractivity contribution in [3.63, 3.8) is 0 Å². The third-order valence-corrected chi connectivity index (χ3v) is 3.64. The Kier molecular flexibility index (Phi) is 3.37. The zero-order valence-electron chi connectivity index (χ0n) is 11.6. The van der Waals surface area contributed by atoms with E-state index in [0.717, 1.165) is 10.2 Å². The fraction of sp³-hybridized carbons (Fsp3) is 0.400. The van der Waals surface area contributed by atoms with E-state index < -0.39 is 0 Å². The largest absolute Gasteiger partial charge is 0.271 e. The van der Waals surface area contributed by atoms with Gasteiger partial charge in [0.1, 0.15) is 0 Å². The third-order valence-electron chi connectivity index (χ3n) is 3.11. The van der Waals surface area contributed by atoms with E-state index in [1.807, 2.05) is 11.7 Å². The second-order valence-corrected chi connectivity index (χ2v) is 6.62. The molecule has 0 bridgehead atoms. The van der Waals surface area contributed by atoms with Crippen LogP contribution >= 0.6 is 15.9 Å². The molecule has 2 nitrogen and oxygen atoms in total. The minimum Gasteiger partial charge on any atom is -0.271 e. The fourth-order valence-electron chi connectivity index (χ4n) is 2.56. The number of aryl methyl sites for hydroxylation is 1. The highest BCUT2D eigenvalue weighted by atomic mass is 79.9. The number of rotatable bonds is 1. The van der Waals surface area contributed by atoms with Crippen LogP contribution in [0.4, 0.5) is 0 Å². The van der Waals surface area contributed by atoms with Crippen LogP contribution in [0, 0.1) is 6.92 Å². The Morgan fingerprint density at radius 3 is 2.11 bits per heavy atom. The molecule has 0 aliphatic rings. The molecule has 0 fully saturated rings. The fourth-order valence-corrected chi connectivity index (χ4v) is 2.82. The summed E-state index contributed by atoms with van der Waals surface area (Å²) in [7, 11) is 2.02. The maximum Gasteiger partial charge on any atom is 0.0955 e. The van der Waals surface area contributed by atoms with E-state index in [4.69, 9.17) is 0 Å². The molecule has 3 heteroatoms. The van der Waals surface area contributed by atoms with Crippen LogP contribution in [-0.4, -0.2) is 9.78 Å². The first-order valence-electron chi connectivity index (χ1n) is 6.10. The van der Waals surface area contributed by atoms with Crippen molar-refractivity contribution >= 4 is 15.9 Å². The molecule has 18 heavy (non-hydrogen) atoms. The topological polar surface area (TPSA) is 17.8 Å². The lowest BCUT2D eigenvalue weighted by atomic mass is 9.88. The molecule has 0 saturated carbocycles. The summed E-state index contributed by atoms with van der Waals surface area (Å²) < 4.78 is 3.10. The summed E-state index contributed by atoms with van der Waals surface area (Å²) in [6.45, 7) is 8.83. The van der Waals surface area contributed by atoms with Gasteiger partial charge in [0, 0.05) is 28.2 Å². The molecule has 1 aromatic heterocycles. The molecule has 0 radical (unpaired) electrons. The average molecular weight is 307 g/mol. The van der Waals surface area contributed by atoms with E-state index in [-0.39, 0.29) is 5.41 Å². The number of nitrogens with zero attached hydrogens (tertiary/aromatic N) is 2. The maximum atomic E-state index is 4.68. The highest BCUT2D eigenvalue weighted by molar-refractivity contribution is 9.10. The summed E-state index contributed by atoms with van der Waals surface area (Å²) in [4.78, 5) is 0. The zero-order chi connectivity index (χ0) is 13.5. The van der Waals surface area contributed by atoms with E-state index in [2.05, 4.69) is 73.0 Å². The van der Waals surface area contributed by atoms with Gasteiger partial charge >= 0.3 is 0 Å². The van der Waals surface area contributed by atoms with Crippen molar-refractivity contribution in [2.24, 2.45) is 7.05 Å². The van der Waals surface area contributed by atoms with E-state index in [1.54, 1.807) is 0 Å². The number of aromatic nitrogens is 2. The Bertz CT molecular complexity index is 559. The van der Waals surface area contributed by atoms with Crippen molar-refractivity contribution < 1.29 is 0 Å². The van der Waals surface area contributed by atoms with Gasteiger partial charge in [-0.25, -0.2) is 0 Å². The van der Waals surface area contributed by atoms with Crippen LogP contribution in [0.3, 0.4) is 0 Å². The van der Waals surface area contributed by atoms with Crippen LogP contribution in [0.25, 0.3) is 11.3 Å². The predicted molar refractivity (Wildman–Crippen MR) is 79.8 cm³/mol. The molecular formula is C15H19BrN2. The maximum absolute atomic E-state index is 4.68. The van der Waals surface area contributed by atoms with Gasteiger partial charge in [-0.15, -0.1) is 0 Å². The molecule has 2 rings (SSSR count). The lowest BCUT2D eigenvalue weighted by Crippen LogP contribution is -2.17. The molecule has 0 aliphatic carbocycles. The van der Waals surface area contributed by atoms with Gasteiger partial charge in [-0.3, -0.25) is 4.68 Å². The quantitative estimate of drug-likeness (QED) is 0.761. The van der Waals surface area contributed by atoms with Gasteiger partial charge in [0.15, 0.2) is 0 Å². The van der Waals surface area contributed by atoms with E-state index in [9.17, 15) is 0 Å². The molecule has 0 unspecified atom stereocenters. The summed E-state index contributed by atoms with van der Waals surface area (Å²) >= 11 is 3.46. The summed E-state index contributed by atoms with van der Waals surface area (Å²) in [5.74, 6) is 0. The number of hydrogen-bond donors (Lipinski definition) is 0. The lowest BCUT2D eigenvalue weighted by Gasteiger charge is -2.20. The third kappa shape index (κ3) is 2.37. The molecule has 1 aromatic carbocycles. The first-order chi connectivity index (χ1) is 8.30. The van der Waals surface area contributed by atoms with Crippen LogP contribution in [0.5, 0.6) is 0 Å². The standard InChI is InChI=1S/C15H19BrN2/c1-10-13(11-6-8-12(16)9-7-11)17-18(5)14(10)15(2,3)4/h6-9H,1-5H3. The van der Waals surface area contributed by atoms with Crippen LogP contribution < -0.4 is 0 Å². The number of benzene rings is 1. The van der Waals surface area contributed by atoms with Crippen molar-refractivity contribution in [1.29, 1.82) is 0 Å². The van der Waals surface area contributed by atoms with E-state index in [0.29, 0.717) is 0 Å². The molecule has 0 spiro atoms. The Morgan fingerprint density at radius 1 is 1.11 bits per heavy atom. The minimum absolute atomic E-state index is 0.111. The Morgan fingerprint density at radius 2 is 1.67 bits per heavy atom. The lowest BCUT2D eigenvalue weighted by molar-refractivity contribution is 0.520. The molecule has 96 valence electrons. The van der Waals surface area contributed by atoms with Gasteiger partial charge in [0.05, 0.1) is 5.69 Å². The van der Waals surface area contributed by atoms with Gasteiger partial charge in [-0.05, 0) is 24.6 Å². The van der Waals surface area contributed by atoms with Crippen molar-refractivity contribution in [2.45, 2.75) is 33.1 Å². The smallest absolute Gasteiger partial charge is 0.0955 e. The van der Waals surface area contributed by atoms with Crippen molar-refractivity contribution in [3.8, 4) is 11.3 Å². The molecule has 0 N–H and O–H groups in total. The van der Waals surface area contributed by atoms with Crippen LogP contribution in [-0.2, 0) is 12.5 Å². The summed E-state index contributed by atoms with van der Waals surface area (Å²) in [5.41, 5.74) is 4.92. The molecule has 0 saturated heterocycles. The van der Waals surface area contributed by atoms with E-state index >= 15 is 0 Å². The summed E-state index contributed by atoms with van der Waals surface area (Å²) in [6, 6.07) is 8.32. The average Bonchev–Trinajstić information content (AvgIpc) is 2.54. The highest BCUT2D eigenvalue weighted by Crippen LogP contribution is 2.32. The first kappa shape index (κ1) is 13.3. The van der Waals surface area contributed by atoms with Gasteiger partial charge < -0.3 is 0 Å². The Balaban J connectivity index is 2.57. The molecule has 2 aromatic rings. The van der Waals surface area contributed by atoms with Gasteiger partial charge in [-0.1, -0.05) is 48.8 Å².